The summed E-state index contributed by atoms with van der Waals surface area (Å²) in [6.07, 6.45) is 6.23. The highest BCUT2D eigenvalue weighted by Gasteiger charge is 2.43. The molecule has 1 fully saturated rings. The smallest absolute Gasteiger partial charge is 0.256 e. The van der Waals surface area contributed by atoms with Gasteiger partial charge in [0.1, 0.15) is 17.6 Å². The average molecular weight is 500 g/mol. The van der Waals surface area contributed by atoms with E-state index < -0.39 is 6.04 Å². The van der Waals surface area contributed by atoms with E-state index in [1.165, 1.54) is 35.6 Å². The van der Waals surface area contributed by atoms with Gasteiger partial charge in [0.25, 0.3) is 5.91 Å². The number of carbonyl (C=O) groups excluding carboxylic acids is 2. The van der Waals surface area contributed by atoms with Crippen LogP contribution in [0.1, 0.15) is 58.8 Å². The highest BCUT2D eigenvalue weighted by atomic mass is 32.1. The summed E-state index contributed by atoms with van der Waals surface area (Å²) in [5, 5.41) is 3.22. The van der Waals surface area contributed by atoms with Crippen molar-refractivity contribution in [1.29, 1.82) is 0 Å². The molecule has 8 heteroatoms. The summed E-state index contributed by atoms with van der Waals surface area (Å²) in [5.41, 5.74) is 1.14. The Hall–Kier alpha value is -3.00. The summed E-state index contributed by atoms with van der Waals surface area (Å²) >= 11 is 5.66. The molecule has 188 valence electrons. The van der Waals surface area contributed by atoms with Crippen LogP contribution in [0.3, 0.4) is 0 Å². The average Bonchev–Trinajstić information content (AvgIpc) is 3.08. The highest BCUT2D eigenvalue weighted by molar-refractivity contribution is 7.80. The second-order valence-electron chi connectivity index (χ2n) is 8.68. The zero-order valence-corrected chi connectivity index (χ0v) is 21.3. The normalized spacial score (nSPS) is 15.6. The molecule has 0 saturated carbocycles. The van der Waals surface area contributed by atoms with Gasteiger partial charge in [0.15, 0.2) is 5.11 Å². The first-order valence-corrected chi connectivity index (χ1v) is 12.8. The van der Waals surface area contributed by atoms with Crippen LogP contribution in [0, 0.1) is 5.82 Å². The molecule has 2 amide bonds. The van der Waals surface area contributed by atoms with E-state index in [0.29, 0.717) is 29.6 Å². The zero-order chi connectivity index (χ0) is 25.2. The van der Waals surface area contributed by atoms with Crippen molar-refractivity contribution < 1.29 is 18.7 Å². The lowest BCUT2D eigenvalue weighted by Gasteiger charge is -2.24. The maximum absolute atomic E-state index is 13.4. The second kappa shape index (κ2) is 13.2. The molecule has 2 aromatic rings. The van der Waals surface area contributed by atoms with Crippen LogP contribution in [-0.2, 0) is 9.59 Å². The Labute approximate surface area is 212 Å². The fourth-order valence-electron chi connectivity index (χ4n) is 4.04. The molecule has 3 rings (SSSR count). The maximum Gasteiger partial charge on any atom is 0.256 e. The van der Waals surface area contributed by atoms with Gasteiger partial charge < -0.3 is 15.0 Å². The van der Waals surface area contributed by atoms with Gasteiger partial charge in [0, 0.05) is 12.2 Å². The molecule has 0 bridgehead atoms. The van der Waals surface area contributed by atoms with Gasteiger partial charge in [-0.15, -0.1) is 0 Å². The number of hydrogen-bond donors (Lipinski definition) is 1. The minimum absolute atomic E-state index is 0.0281. The molecule has 0 aromatic heterocycles. The molecule has 0 radical (unpaired) electrons. The molecular weight excluding hydrogens is 465 g/mol. The van der Waals surface area contributed by atoms with Crippen molar-refractivity contribution >= 4 is 40.5 Å². The second-order valence-corrected chi connectivity index (χ2v) is 9.05. The Morgan fingerprint density at radius 3 is 2.34 bits per heavy atom. The lowest BCUT2D eigenvalue weighted by atomic mass is 10.1. The van der Waals surface area contributed by atoms with E-state index in [1.807, 2.05) is 11.8 Å². The number of anilines is 2. The van der Waals surface area contributed by atoms with Crippen LogP contribution in [0.2, 0.25) is 0 Å². The Morgan fingerprint density at radius 2 is 1.69 bits per heavy atom. The maximum atomic E-state index is 13.4. The third-order valence-corrected chi connectivity index (χ3v) is 6.31. The van der Waals surface area contributed by atoms with Crippen molar-refractivity contribution in [2.45, 2.75) is 64.8 Å². The fraction of sp³-hybridized carbons (Fsp3) is 0.444. The zero-order valence-electron chi connectivity index (χ0n) is 20.5. The van der Waals surface area contributed by atoms with Crippen LogP contribution < -0.4 is 15.0 Å². The summed E-state index contributed by atoms with van der Waals surface area (Å²) in [4.78, 5) is 29.5. The van der Waals surface area contributed by atoms with E-state index in [4.69, 9.17) is 17.0 Å². The van der Waals surface area contributed by atoms with Crippen molar-refractivity contribution in [2.24, 2.45) is 0 Å². The van der Waals surface area contributed by atoms with Crippen LogP contribution in [-0.4, -0.2) is 41.0 Å². The number of hydrogen-bond acceptors (Lipinski definition) is 4. The number of benzene rings is 2. The SMILES string of the molecule is CCCCCCCN1C(=S)N(c2ccc(F)cc2)C(=O)C1CC(=O)Nc1ccc(OCCC)cc1. The van der Waals surface area contributed by atoms with Crippen LogP contribution in [0.5, 0.6) is 5.75 Å². The molecule has 0 aliphatic carbocycles. The largest absolute Gasteiger partial charge is 0.494 e. The molecule has 1 aliphatic heterocycles. The van der Waals surface area contributed by atoms with Gasteiger partial charge in [-0.25, -0.2) is 4.39 Å². The van der Waals surface area contributed by atoms with Crippen LogP contribution >= 0.6 is 12.2 Å². The molecule has 1 aliphatic rings. The molecule has 1 heterocycles. The first-order chi connectivity index (χ1) is 16.9. The van der Waals surface area contributed by atoms with Gasteiger partial charge in [-0.2, -0.15) is 0 Å². The van der Waals surface area contributed by atoms with Crippen LogP contribution in [0.25, 0.3) is 0 Å². The van der Waals surface area contributed by atoms with Gasteiger partial charge in [0.2, 0.25) is 5.91 Å². The molecule has 35 heavy (non-hydrogen) atoms. The lowest BCUT2D eigenvalue weighted by Crippen LogP contribution is -2.38. The number of nitrogens with one attached hydrogen (secondary N) is 1. The molecule has 1 saturated heterocycles. The number of amides is 2. The minimum atomic E-state index is -0.703. The summed E-state index contributed by atoms with van der Waals surface area (Å²) in [6, 6.07) is 12.1. The van der Waals surface area contributed by atoms with E-state index in [1.54, 1.807) is 24.3 Å². The predicted octanol–water partition coefficient (Wildman–Crippen LogP) is 5.92. The number of halogens is 1. The van der Waals surface area contributed by atoms with Crippen molar-refractivity contribution in [3.05, 3.63) is 54.3 Å². The van der Waals surface area contributed by atoms with Crippen molar-refractivity contribution in [3.63, 3.8) is 0 Å². The standard InChI is InChI=1S/C27H34FN3O3S/c1-3-5-6-7-8-17-30-24(26(33)31(27(30)35)22-13-9-20(28)10-14-22)19-25(32)29-21-11-15-23(16-12-21)34-18-4-2/h9-16,24H,3-8,17-19H2,1-2H3,(H,29,32). The van der Waals surface area contributed by atoms with E-state index in [-0.39, 0.29) is 24.1 Å². The third kappa shape index (κ3) is 7.24. The first kappa shape index (κ1) is 26.6. The summed E-state index contributed by atoms with van der Waals surface area (Å²) in [6.45, 7) is 5.42. The highest BCUT2D eigenvalue weighted by Crippen LogP contribution is 2.28. The topological polar surface area (TPSA) is 61.9 Å². The van der Waals surface area contributed by atoms with Crippen molar-refractivity contribution in [1.82, 2.24) is 4.90 Å². The molecule has 6 nitrogen and oxygen atoms in total. The monoisotopic (exact) mass is 499 g/mol. The van der Waals surface area contributed by atoms with Gasteiger partial charge in [0.05, 0.1) is 18.7 Å². The Morgan fingerprint density at radius 1 is 1.00 bits per heavy atom. The minimum Gasteiger partial charge on any atom is -0.494 e. The van der Waals surface area contributed by atoms with E-state index in [9.17, 15) is 14.0 Å². The van der Waals surface area contributed by atoms with E-state index in [0.717, 1.165) is 37.9 Å². The van der Waals surface area contributed by atoms with Gasteiger partial charge in [-0.05, 0) is 73.6 Å². The predicted molar refractivity (Wildman–Crippen MR) is 141 cm³/mol. The summed E-state index contributed by atoms with van der Waals surface area (Å²) < 4.78 is 19.0. The fourth-order valence-corrected chi connectivity index (χ4v) is 4.46. The lowest BCUT2D eigenvalue weighted by molar-refractivity contribution is -0.124. The number of ether oxygens (including phenoxy) is 1. The molecule has 1 atom stereocenters. The molecule has 1 unspecified atom stereocenters. The van der Waals surface area contributed by atoms with E-state index >= 15 is 0 Å². The van der Waals surface area contributed by atoms with Gasteiger partial charge in [-0.1, -0.05) is 39.5 Å². The van der Waals surface area contributed by atoms with Crippen molar-refractivity contribution in [2.75, 3.05) is 23.4 Å². The number of rotatable bonds is 13. The number of thiocarbonyl (C=S) groups is 1. The Bertz CT molecular complexity index is 998. The van der Waals surface area contributed by atoms with Crippen molar-refractivity contribution in [3.8, 4) is 5.75 Å². The Kier molecular flexibility index (Phi) is 10.0. The number of carbonyl (C=O) groups is 2. The number of unbranched alkanes of at least 4 members (excludes halogenated alkanes) is 4. The Balaban J connectivity index is 1.70. The summed E-state index contributed by atoms with van der Waals surface area (Å²) in [7, 11) is 0. The van der Waals surface area contributed by atoms with Crippen LogP contribution in [0.15, 0.2) is 48.5 Å². The quantitative estimate of drug-likeness (QED) is 0.274. The molecule has 2 aromatic carbocycles. The van der Waals surface area contributed by atoms with Gasteiger partial charge >= 0.3 is 0 Å². The molecular formula is C27H34FN3O3S. The molecule has 0 spiro atoms. The molecule has 1 N–H and O–H groups in total. The third-order valence-electron chi connectivity index (χ3n) is 5.90. The van der Waals surface area contributed by atoms with Gasteiger partial charge in [-0.3, -0.25) is 14.5 Å². The number of nitrogens with zero attached hydrogens (tertiary/aromatic N) is 2. The van der Waals surface area contributed by atoms with Crippen LogP contribution in [0.4, 0.5) is 15.8 Å². The first-order valence-electron chi connectivity index (χ1n) is 12.4. The van der Waals surface area contributed by atoms with E-state index in [2.05, 4.69) is 12.2 Å². The summed E-state index contributed by atoms with van der Waals surface area (Å²) in [5.74, 6) is -0.189.